The smallest absolute Gasteiger partial charge is 0.423 e. The molecule has 162 valence electrons. The largest absolute Gasteiger partial charge is 0.492 e. The van der Waals surface area contributed by atoms with Gasteiger partial charge in [-0.15, -0.1) is 0 Å². The highest BCUT2D eigenvalue weighted by atomic mass is 16.4. The quantitative estimate of drug-likeness (QED) is 0.193. The Morgan fingerprint density at radius 1 is 0.727 bits per heavy atom. The first kappa shape index (κ1) is 22.2. The van der Waals surface area contributed by atoms with Crippen molar-refractivity contribution in [2.24, 2.45) is 0 Å². The summed E-state index contributed by atoms with van der Waals surface area (Å²) in [4.78, 5) is 4.19. The van der Waals surface area contributed by atoms with Crippen LogP contribution in [0.25, 0.3) is 0 Å². The van der Waals surface area contributed by atoms with Crippen LogP contribution in [0.3, 0.4) is 0 Å². The summed E-state index contributed by atoms with van der Waals surface area (Å²) in [6.45, 7) is 0. The van der Waals surface area contributed by atoms with Crippen molar-refractivity contribution in [3.8, 4) is 0 Å². The molecule has 0 fully saturated rings. The van der Waals surface area contributed by atoms with Gasteiger partial charge in [-0.05, 0) is 35.0 Å². The maximum Gasteiger partial charge on any atom is 0.492 e. The Morgan fingerprint density at radius 3 is 1.58 bits per heavy atom. The van der Waals surface area contributed by atoms with Gasteiger partial charge < -0.3 is 15.4 Å². The summed E-state index contributed by atoms with van der Waals surface area (Å²) in [7, 11) is -1.85. The van der Waals surface area contributed by atoms with Gasteiger partial charge >= 0.3 is 7.12 Å². The average molecular weight is 433 g/mol. The molecule has 0 saturated heterocycles. The molecule has 4 N–H and O–H groups in total. The van der Waals surface area contributed by atoms with E-state index in [1.807, 2.05) is 91.0 Å². The van der Waals surface area contributed by atoms with E-state index in [-0.39, 0.29) is 11.2 Å². The molecule has 5 nitrogen and oxygen atoms in total. The number of allylic oxidation sites excluding steroid dienone is 1. The van der Waals surface area contributed by atoms with Crippen LogP contribution in [-0.4, -0.2) is 27.9 Å². The molecular weight excluding hydrogens is 409 g/mol. The zero-order chi connectivity index (χ0) is 23.1. The standard InChI is InChI=1S/C27H24BN3O2/c29-26(25-18-10-11-19-30-25)24(28(32)33)20-31-27(21-12-4-1-5-13-21,22-14-6-2-7-15-22)23-16-8-3-9-17-23/h1-20,29,31-33H/b24-20+,29-26?. The van der Waals surface area contributed by atoms with E-state index in [4.69, 9.17) is 5.41 Å². The fourth-order valence-corrected chi connectivity index (χ4v) is 3.93. The van der Waals surface area contributed by atoms with Gasteiger partial charge in [0.15, 0.2) is 0 Å². The highest BCUT2D eigenvalue weighted by Crippen LogP contribution is 2.37. The van der Waals surface area contributed by atoms with Gasteiger partial charge in [0, 0.05) is 11.7 Å². The maximum absolute atomic E-state index is 10.1. The number of hydrogen-bond acceptors (Lipinski definition) is 5. The van der Waals surface area contributed by atoms with E-state index in [0.29, 0.717) is 5.69 Å². The van der Waals surface area contributed by atoms with Crippen LogP contribution in [0.2, 0.25) is 0 Å². The Labute approximate surface area is 193 Å². The Hall–Kier alpha value is -4.00. The summed E-state index contributed by atoms with van der Waals surface area (Å²) in [5, 5.41) is 32.3. The van der Waals surface area contributed by atoms with E-state index >= 15 is 0 Å². The van der Waals surface area contributed by atoms with E-state index in [9.17, 15) is 10.0 Å². The lowest BCUT2D eigenvalue weighted by Gasteiger charge is -2.37. The monoisotopic (exact) mass is 433 g/mol. The molecule has 6 heteroatoms. The first-order valence-corrected chi connectivity index (χ1v) is 10.6. The van der Waals surface area contributed by atoms with Gasteiger partial charge in [0.25, 0.3) is 0 Å². The second-order valence-electron chi connectivity index (χ2n) is 7.56. The Bertz CT molecular complexity index is 1120. The molecule has 0 aliphatic rings. The summed E-state index contributed by atoms with van der Waals surface area (Å²) >= 11 is 0. The second kappa shape index (κ2) is 10.1. The molecule has 0 amide bonds. The Kier molecular flexibility index (Phi) is 6.79. The number of rotatable bonds is 8. The lowest BCUT2D eigenvalue weighted by molar-refractivity contribution is 0.420. The lowest BCUT2D eigenvalue weighted by Crippen LogP contribution is -2.43. The van der Waals surface area contributed by atoms with Crippen molar-refractivity contribution in [3.05, 3.63) is 149 Å². The van der Waals surface area contributed by atoms with Gasteiger partial charge in [-0.25, -0.2) is 0 Å². The van der Waals surface area contributed by atoms with Crippen molar-refractivity contribution >= 4 is 12.8 Å². The van der Waals surface area contributed by atoms with E-state index in [0.717, 1.165) is 16.7 Å². The van der Waals surface area contributed by atoms with Crippen LogP contribution in [0.5, 0.6) is 0 Å². The first-order valence-electron chi connectivity index (χ1n) is 10.6. The second-order valence-corrected chi connectivity index (χ2v) is 7.56. The summed E-state index contributed by atoms with van der Waals surface area (Å²) < 4.78 is 0. The van der Waals surface area contributed by atoms with E-state index in [1.54, 1.807) is 24.4 Å². The van der Waals surface area contributed by atoms with Crippen LogP contribution in [0, 0.1) is 5.41 Å². The van der Waals surface area contributed by atoms with E-state index < -0.39 is 12.7 Å². The predicted molar refractivity (Wildman–Crippen MR) is 132 cm³/mol. The van der Waals surface area contributed by atoms with Gasteiger partial charge in [-0.3, -0.25) is 10.4 Å². The van der Waals surface area contributed by atoms with Gasteiger partial charge in [-0.1, -0.05) is 97.1 Å². The molecule has 4 aromatic rings. The average Bonchev–Trinajstić information content (AvgIpc) is 2.88. The molecule has 33 heavy (non-hydrogen) atoms. The minimum atomic E-state index is -1.85. The molecule has 3 aromatic carbocycles. The molecule has 0 unspecified atom stereocenters. The predicted octanol–water partition coefficient (Wildman–Crippen LogP) is 3.93. The number of nitrogens with one attached hydrogen (secondary N) is 2. The van der Waals surface area contributed by atoms with Crippen molar-refractivity contribution < 1.29 is 10.0 Å². The summed E-state index contributed by atoms with van der Waals surface area (Å²) in [6.07, 6.45) is 3.08. The third-order valence-electron chi connectivity index (χ3n) is 5.55. The molecule has 0 bridgehead atoms. The lowest BCUT2D eigenvalue weighted by atomic mass is 9.74. The van der Waals surface area contributed by atoms with Gasteiger partial charge in [0.2, 0.25) is 0 Å². The van der Waals surface area contributed by atoms with Crippen LogP contribution in [0.4, 0.5) is 0 Å². The third kappa shape index (κ3) is 4.62. The number of hydrogen-bond donors (Lipinski definition) is 4. The van der Waals surface area contributed by atoms with Gasteiger partial charge in [0.05, 0.1) is 11.4 Å². The molecular formula is C27H24BN3O2. The van der Waals surface area contributed by atoms with Crippen LogP contribution in [0.1, 0.15) is 22.4 Å². The van der Waals surface area contributed by atoms with Gasteiger partial charge in [0.1, 0.15) is 5.54 Å². The fourth-order valence-electron chi connectivity index (χ4n) is 3.93. The van der Waals surface area contributed by atoms with Crippen LogP contribution in [0.15, 0.2) is 127 Å². The van der Waals surface area contributed by atoms with Crippen LogP contribution >= 0.6 is 0 Å². The van der Waals surface area contributed by atoms with Crippen molar-refractivity contribution in [3.63, 3.8) is 0 Å². The molecule has 1 heterocycles. The molecule has 0 atom stereocenters. The SMILES string of the molecule is N=C(/C(=C\NC(c1ccccc1)(c1ccccc1)c1ccccc1)B(O)O)c1ccccn1. The zero-order valence-electron chi connectivity index (χ0n) is 18.0. The minimum absolute atomic E-state index is 0.0147. The number of pyridine rings is 1. The normalized spacial score (nSPS) is 11.6. The van der Waals surface area contributed by atoms with Gasteiger partial charge in [-0.2, -0.15) is 0 Å². The van der Waals surface area contributed by atoms with Crippen molar-refractivity contribution in [1.82, 2.24) is 10.3 Å². The van der Waals surface area contributed by atoms with Crippen LogP contribution in [-0.2, 0) is 5.54 Å². The van der Waals surface area contributed by atoms with Crippen molar-refractivity contribution in [1.29, 1.82) is 5.41 Å². The molecule has 0 aliphatic heterocycles. The molecule has 0 spiro atoms. The molecule has 1 aromatic heterocycles. The third-order valence-corrected chi connectivity index (χ3v) is 5.55. The number of benzene rings is 3. The fraction of sp³-hybridized carbons (Fsp3) is 0.0370. The summed E-state index contributed by atoms with van der Waals surface area (Å²) in [6, 6.07) is 35.0. The molecule has 4 rings (SSSR count). The van der Waals surface area contributed by atoms with Crippen LogP contribution < -0.4 is 5.32 Å². The van der Waals surface area contributed by atoms with Crippen molar-refractivity contribution in [2.75, 3.05) is 0 Å². The minimum Gasteiger partial charge on any atom is -0.423 e. The van der Waals surface area contributed by atoms with Crippen molar-refractivity contribution in [2.45, 2.75) is 5.54 Å². The highest BCUT2D eigenvalue weighted by molar-refractivity contribution is 6.60. The Morgan fingerprint density at radius 2 is 1.18 bits per heavy atom. The Balaban J connectivity index is 1.90. The zero-order valence-corrected chi connectivity index (χ0v) is 18.0. The topological polar surface area (TPSA) is 89.2 Å². The molecule has 0 saturated carbocycles. The van der Waals surface area contributed by atoms with E-state index in [1.165, 1.54) is 6.20 Å². The number of nitrogens with zero attached hydrogens (tertiary/aromatic N) is 1. The summed E-state index contributed by atoms with van der Waals surface area (Å²) in [5.41, 5.74) is 2.36. The summed E-state index contributed by atoms with van der Waals surface area (Å²) in [5.74, 6) is 0. The molecule has 0 aliphatic carbocycles. The highest BCUT2D eigenvalue weighted by Gasteiger charge is 2.36. The first-order chi connectivity index (χ1) is 16.1. The van der Waals surface area contributed by atoms with E-state index in [2.05, 4.69) is 10.3 Å². The molecule has 0 radical (unpaired) electrons. The number of aromatic nitrogens is 1. The maximum atomic E-state index is 10.1.